The van der Waals surface area contributed by atoms with E-state index in [0.717, 1.165) is 18.6 Å². The Bertz CT molecular complexity index is 611. The molecule has 0 heterocycles. The molecule has 22 heavy (non-hydrogen) atoms. The highest BCUT2D eigenvalue weighted by Gasteiger charge is 2.09. The summed E-state index contributed by atoms with van der Waals surface area (Å²) in [6.45, 7) is 2.45. The first kappa shape index (κ1) is 16.0. The number of carbonyl (C=O) groups is 1. The molecule has 0 atom stereocenters. The van der Waals surface area contributed by atoms with Gasteiger partial charge in [0.2, 0.25) is 0 Å². The molecular formula is C18H19FO3. The summed E-state index contributed by atoms with van der Waals surface area (Å²) in [6, 6.07) is 13.6. The van der Waals surface area contributed by atoms with Gasteiger partial charge in [0.15, 0.2) is 5.78 Å². The molecule has 0 bridgehead atoms. The Morgan fingerprint density at radius 2 is 1.68 bits per heavy atom. The third-order valence-electron chi connectivity index (χ3n) is 3.13. The molecule has 0 unspecified atom stereocenters. The van der Waals surface area contributed by atoms with E-state index in [2.05, 4.69) is 0 Å². The van der Waals surface area contributed by atoms with Gasteiger partial charge in [0.25, 0.3) is 0 Å². The van der Waals surface area contributed by atoms with Crippen molar-refractivity contribution in [1.29, 1.82) is 0 Å². The van der Waals surface area contributed by atoms with Crippen LogP contribution in [0.5, 0.6) is 11.5 Å². The molecule has 0 amide bonds. The summed E-state index contributed by atoms with van der Waals surface area (Å²) in [5, 5.41) is 0. The van der Waals surface area contributed by atoms with Gasteiger partial charge in [-0.3, -0.25) is 4.79 Å². The summed E-state index contributed by atoms with van der Waals surface area (Å²) in [5.74, 6) is 0.596. The summed E-state index contributed by atoms with van der Waals surface area (Å²) in [5.41, 5.74) is 0.405. The van der Waals surface area contributed by atoms with E-state index in [1.54, 1.807) is 0 Å². The second kappa shape index (κ2) is 8.17. The molecule has 0 radical (unpaired) electrons. The smallest absolute Gasteiger partial charge is 0.163 e. The number of hydrogen-bond donors (Lipinski definition) is 0. The molecule has 116 valence electrons. The second-order valence-electron chi connectivity index (χ2n) is 4.91. The highest BCUT2D eigenvalue weighted by atomic mass is 19.1. The Morgan fingerprint density at radius 3 is 2.36 bits per heavy atom. The minimum absolute atomic E-state index is 0.137. The summed E-state index contributed by atoms with van der Waals surface area (Å²) in [6.07, 6.45) is 1.58. The molecule has 0 aliphatic carbocycles. The monoisotopic (exact) mass is 302 g/mol. The third kappa shape index (κ3) is 4.88. The van der Waals surface area contributed by atoms with Crippen molar-refractivity contribution in [3.8, 4) is 11.5 Å². The van der Waals surface area contributed by atoms with Crippen molar-refractivity contribution in [2.75, 3.05) is 13.2 Å². The SMILES string of the molecule is CC(=O)c1ccc(F)cc1OCCCCOc1ccccc1. The molecule has 2 rings (SSSR count). The van der Waals surface area contributed by atoms with Crippen LogP contribution in [0.4, 0.5) is 4.39 Å². The van der Waals surface area contributed by atoms with Gasteiger partial charge in [0, 0.05) is 6.07 Å². The third-order valence-corrected chi connectivity index (χ3v) is 3.13. The van der Waals surface area contributed by atoms with Crippen molar-refractivity contribution >= 4 is 5.78 Å². The van der Waals surface area contributed by atoms with E-state index in [0.29, 0.717) is 24.5 Å². The average Bonchev–Trinajstić information content (AvgIpc) is 2.51. The van der Waals surface area contributed by atoms with Crippen LogP contribution in [0.3, 0.4) is 0 Å². The van der Waals surface area contributed by atoms with Crippen LogP contribution < -0.4 is 9.47 Å². The van der Waals surface area contributed by atoms with Crippen LogP contribution >= 0.6 is 0 Å². The van der Waals surface area contributed by atoms with Crippen LogP contribution in [0.1, 0.15) is 30.1 Å². The Labute approximate surface area is 129 Å². The molecule has 2 aromatic rings. The first-order chi connectivity index (χ1) is 10.7. The van der Waals surface area contributed by atoms with Gasteiger partial charge in [-0.2, -0.15) is 0 Å². The normalized spacial score (nSPS) is 10.3. The van der Waals surface area contributed by atoms with E-state index in [1.165, 1.54) is 25.1 Å². The summed E-state index contributed by atoms with van der Waals surface area (Å²) in [7, 11) is 0. The van der Waals surface area contributed by atoms with Crippen molar-refractivity contribution < 1.29 is 18.7 Å². The Kier molecular flexibility index (Phi) is 5.95. The van der Waals surface area contributed by atoms with Gasteiger partial charge in [-0.25, -0.2) is 4.39 Å². The lowest BCUT2D eigenvalue weighted by Gasteiger charge is -2.10. The lowest BCUT2D eigenvalue weighted by molar-refractivity contribution is 0.101. The molecule has 0 N–H and O–H groups in total. The fraction of sp³-hybridized carbons (Fsp3) is 0.278. The van der Waals surface area contributed by atoms with Gasteiger partial charge >= 0.3 is 0 Å². The zero-order valence-corrected chi connectivity index (χ0v) is 12.5. The highest BCUT2D eigenvalue weighted by Crippen LogP contribution is 2.20. The van der Waals surface area contributed by atoms with Crippen LogP contribution in [0.2, 0.25) is 0 Å². The first-order valence-corrected chi connectivity index (χ1v) is 7.28. The van der Waals surface area contributed by atoms with E-state index < -0.39 is 5.82 Å². The van der Waals surface area contributed by atoms with Crippen LogP contribution in [-0.2, 0) is 0 Å². The van der Waals surface area contributed by atoms with Gasteiger partial charge in [0.1, 0.15) is 17.3 Å². The fourth-order valence-corrected chi connectivity index (χ4v) is 2.00. The van der Waals surface area contributed by atoms with Gasteiger partial charge in [-0.15, -0.1) is 0 Å². The van der Waals surface area contributed by atoms with Crippen LogP contribution in [0.25, 0.3) is 0 Å². The van der Waals surface area contributed by atoms with Crippen LogP contribution in [0.15, 0.2) is 48.5 Å². The number of unbranched alkanes of at least 4 members (excludes halogenated alkanes) is 1. The number of ether oxygens (including phenoxy) is 2. The maximum Gasteiger partial charge on any atom is 0.163 e. The van der Waals surface area contributed by atoms with Crippen LogP contribution in [-0.4, -0.2) is 19.0 Å². The van der Waals surface area contributed by atoms with E-state index in [9.17, 15) is 9.18 Å². The highest BCUT2D eigenvalue weighted by molar-refractivity contribution is 5.96. The first-order valence-electron chi connectivity index (χ1n) is 7.28. The maximum atomic E-state index is 13.2. The van der Waals surface area contributed by atoms with Crippen LogP contribution in [0, 0.1) is 5.82 Å². The number of hydrogen-bond acceptors (Lipinski definition) is 3. The Hall–Kier alpha value is -2.36. The van der Waals surface area contributed by atoms with E-state index in [1.807, 2.05) is 30.3 Å². The molecule has 0 spiro atoms. The minimum atomic E-state index is -0.410. The number of halogens is 1. The van der Waals surface area contributed by atoms with Gasteiger partial charge in [-0.05, 0) is 44.0 Å². The number of rotatable bonds is 8. The van der Waals surface area contributed by atoms with E-state index in [4.69, 9.17) is 9.47 Å². The molecule has 2 aromatic carbocycles. The van der Waals surface area contributed by atoms with Crippen molar-refractivity contribution in [3.63, 3.8) is 0 Å². The van der Waals surface area contributed by atoms with E-state index >= 15 is 0 Å². The zero-order valence-electron chi connectivity index (χ0n) is 12.5. The predicted molar refractivity (Wildman–Crippen MR) is 83.1 cm³/mol. The number of Topliss-reactive ketones (excluding diaryl/α,β-unsaturated/α-hetero) is 1. The second-order valence-corrected chi connectivity index (χ2v) is 4.91. The number of benzene rings is 2. The average molecular weight is 302 g/mol. The molecule has 0 aliphatic heterocycles. The summed E-state index contributed by atoms with van der Waals surface area (Å²) in [4.78, 5) is 11.4. The number of para-hydroxylation sites is 1. The predicted octanol–water partition coefficient (Wildman–Crippen LogP) is 4.27. The summed E-state index contributed by atoms with van der Waals surface area (Å²) >= 11 is 0. The molecule has 0 aliphatic rings. The Balaban J connectivity index is 1.73. The molecule has 3 nitrogen and oxygen atoms in total. The minimum Gasteiger partial charge on any atom is -0.494 e. The lowest BCUT2D eigenvalue weighted by Crippen LogP contribution is -2.05. The standard InChI is InChI=1S/C18H19FO3/c1-14(20)17-10-9-15(19)13-18(17)22-12-6-5-11-21-16-7-3-2-4-8-16/h2-4,7-10,13H,5-6,11-12H2,1H3. The lowest BCUT2D eigenvalue weighted by atomic mass is 10.1. The molecule has 4 heteroatoms. The van der Waals surface area contributed by atoms with Crippen molar-refractivity contribution in [2.45, 2.75) is 19.8 Å². The topological polar surface area (TPSA) is 35.5 Å². The molecule has 0 aromatic heterocycles. The molecular weight excluding hydrogens is 283 g/mol. The number of carbonyl (C=O) groups excluding carboxylic acids is 1. The number of ketones is 1. The van der Waals surface area contributed by atoms with E-state index in [-0.39, 0.29) is 5.78 Å². The fourth-order valence-electron chi connectivity index (χ4n) is 2.00. The molecule has 0 saturated carbocycles. The van der Waals surface area contributed by atoms with Gasteiger partial charge < -0.3 is 9.47 Å². The Morgan fingerprint density at radius 1 is 1.00 bits per heavy atom. The van der Waals surface area contributed by atoms with Crippen molar-refractivity contribution in [2.24, 2.45) is 0 Å². The molecule has 0 fully saturated rings. The van der Waals surface area contributed by atoms with Gasteiger partial charge in [-0.1, -0.05) is 18.2 Å². The van der Waals surface area contributed by atoms with Crippen molar-refractivity contribution in [1.82, 2.24) is 0 Å². The maximum absolute atomic E-state index is 13.2. The quantitative estimate of drug-likeness (QED) is 0.540. The largest absolute Gasteiger partial charge is 0.494 e. The van der Waals surface area contributed by atoms with Gasteiger partial charge in [0.05, 0.1) is 18.8 Å². The summed E-state index contributed by atoms with van der Waals surface area (Å²) < 4.78 is 24.3. The molecule has 0 saturated heterocycles. The van der Waals surface area contributed by atoms with Crippen molar-refractivity contribution in [3.05, 3.63) is 59.9 Å². The zero-order chi connectivity index (χ0) is 15.8.